The Bertz CT molecular complexity index is 876. The molecule has 26 heavy (non-hydrogen) atoms. The number of hydrogen-bond donors (Lipinski definition) is 2. The first-order valence-electron chi connectivity index (χ1n) is 6.48. The van der Waals surface area contributed by atoms with Gasteiger partial charge in [-0.25, -0.2) is 9.50 Å². The van der Waals surface area contributed by atoms with E-state index in [0.29, 0.717) is 11.8 Å². The number of hydrogen-bond acceptors (Lipinski definition) is 5. The molecule has 0 aromatic carbocycles. The van der Waals surface area contributed by atoms with Crippen LogP contribution in [0.1, 0.15) is 21.7 Å². The van der Waals surface area contributed by atoms with Crippen LogP contribution in [-0.2, 0) is 17.1 Å². The van der Waals surface area contributed by atoms with Gasteiger partial charge in [-0.2, -0.15) is 31.4 Å². The number of fused-ring (bicyclic) bond motifs is 1. The SMILES string of the molecule is CSc1nn2c(C(F)(F)F)cc(C(F)(F)F)nc2c1C(=O)NCC(=O)O. The van der Waals surface area contributed by atoms with E-state index in [1.165, 1.54) is 6.26 Å². The van der Waals surface area contributed by atoms with Crippen LogP contribution in [0.4, 0.5) is 26.3 Å². The monoisotopic (exact) mass is 402 g/mol. The summed E-state index contributed by atoms with van der Waals surface area (Å²) < 4.78 is 78.3. The van der Waals surface area contributed by atoms with Gasteiger partial charge in [-0.15, -0.1) is 11.8 Å². The zero-order valence-corrected chi connectivity index (χ0v) is 13.4. The minimum atomic E-state index is -5.21. The molecule has 0 aliphatic carbocycles. The summed E-state index contributed by atoms with van der Waals surface area (Å²) in [6, 6.07) is -0.219. The maximum Gasteiger partial charge on any atom is 0.433 e. The molecule has 0 radical (unpaired) electrons. The lowest BCUT2D eigenvalue weighted by Gasteiger charge is -2.12. The first kappa shape index (κ1) is 19.8. The van der Waals surface area contributed by atoms with Gasteiger partial charge in [-0.3, -0.25) is 9.59 Å². The van der Waals surface area contributed by atoms with E-state index in [-0.39, 0.29) is 15.6 Å². The maximum absolute atomic E-state index is 13.1. The van der Waals surface area contributed by atoms with Crippen molar-refractivity contribution < 1.29 is 41.0 Å². The van der Waals surface area contributed by atoms with E-state index >= 15 is 0 Å². The average Bonchev–Trinajstić information content (AvgIpc) is 2.88. The third-order valence-corrected chi connectivity index (χ3v) is 3.63. The van der Waals surface area contributed by atoms with Gasteiger partial charge in [0.15, 0.2) is 11.3 Å². The van der Waals surface area contributed by atoms with Gasteiger partial charge in [-0.05, 0) is 12.3 Å². The first-order chi connectivity index (χ1) is 11.9. The molecular weight excluding hydrogens is 394 g/mol. The largest absolute Gasteiger partial charge is 0.480 e. The van der Waals surface area contributed by atoms with Gasteiger partial charge in [-0.1, -0.05) is 0 Å². The Kier molecular flexibility index (Phi) is 5.07. The highest BCUT2D eigenvalue weighted by Crippen LogP contribution is 2.36. The molecule has 1 amide bonds. The quantitative estimate of drug-likeness (QED) is 0.602. The minimum Gasteiger partial charge on any atom is -0.480 e. The van der Waals surface area contributed by atoms with Crippen LogP contribution in [0.3, 0.4) is 0 Å². The van der Waals surface area contributed by atoms with Gasteiger partial charge in [0.25, 0.3) is 5.91 Å². The Morgan fingerprint density at radius 1 is 1.23 bits per heavy atom. The molecule has 14 heteroatoms. The molecule has 0 aliphatic heterocycles. The predicted octanol–water partition coefficient (Wildman–Crippen LogP) is 2.30. The molecule has 0 saturated carbocycles. The lowest BCUT2D eigenvalue weighted by molar-refractivity contribution is -0.148. The van der Waals surface area contributed by atoms with Crippen LogP contribution in [0.2, 0.25) is 0 Å². The number of halogens is 6. The molecular formula is C12H8F6N4O3S. The Labute approximate surface area is 144 Å². The van der Waals surface area contributed by atoms with Crippen LogP contribution in [0.15, 0.2) is 11.1 Å². The van der Waals surface area contributed by atoms with E-state index in [4.69, 9.17) is 5.11 Å². The van der Waals surface area contributed by atoms with Crippen LogP contribution in [0.5, 0.6) is 0 Å². The van der Waals surface area contributed by atoms with E-state index in [1.54, 1.807) is 0 Å². The summed E-state index contributed by atoms with van der Waals surface area (Å²) >= 11 is 0.688. The van der Waals surface area contributed by atoms with Gasteiger partial charge in [0, 0.05) is 0 Å². The average molecular weight is 402 g/mol. The van der Waals surface area contributed by atoms with Crippen LogP contribution in [0.25, 0.3) is 5.65 Å². The van der Waals surface area contributed by atoms with Crippen molar-refractivity contribution in [2.75, 3.05) is 12.8 Å². The lowest BCUT2D eigenvalue weighted by Crippen LogP contribution is -2.29. The third kappa shape index (κ3) is 3.84. The maximum atomic E-state index is 13.1. The van der Waals surface area contributed by atoms with Gasteiger partial charge >= 0.3 is 18.3 Å². The summed E-state index contributed by atoms with van der Waals surface area (Å²) in [5.74, 6) is -2.67. The minimum absolute atomic E-state index is 0.0801. The summed E-state index contributed by atoms with van der Waals surface area (Å²) in [6.07, 6.45) is -9.09. The second-order valence-electron chi connectivity index (χ2n) is 4.72. The summed E-state index contributed by atoms with van der Waals surface area (Å²) in [4.78, 5) is 25.7. The van der Waals surface area contributed by atoms with E-state index in [1.807, 2.05) is 5.32 Å². The topological polar surface area (TPSA) is 96.6 Å². The normalized spacial score (nSPS) is 12.4. The summed E-state index contributed by atoms with van der Waals surface area (Å²) in [6.45, 7) is -0.894. The lowest BCUT2D eigenvalue weighted by atomic mass is 10.2. The number of aromatic nitrogens is 3. The van der Waals surface area contributed by atoms with Crippen molar-refractivity contribution in [3.8, 4) is 0 Å². The van der Waals surface area contributed by atoms with E-state index in [2.05, 4.69) is 10.1 Å². The molecule has 2 heterocycles. The number of carbonyl (C=O) groups excluding carboxylic acids is 1. The van der Waals surface area contributed by atoms with E-state index < -0.39 is 53.4 Å². The smallest absolute Gasteiger partial charge is 0.433 e. The molecule has 142 valence electrons. The highest BCUT2D eigenvalue weighted by atomic mass is 32.2. The number of thioether (sulfide) groups is 1. The number of rotatable bonds is 4. The first-order valence-corrected chi connectivity index (χ1v) is 7.71. The molecule has 0 atom stereocenters. The Hall–Kier alpha value is -2.51. The number of alkyl halides is 6. The molecule has 2 rings (SSSR count). The molecule has 0 spiro atoms. The van der Waals surface area contributed by atoms with Crippen LogP contribution >= 0.6 is 11.8 Å². The summed E-state index contributed by atoms with van der Waals surface area (Å²) in [7, 11) is 0. The second-order valence-corrected chi connectivity index (χ2v) is 5.51. The van der Waals surface area contributed by atoms with Crippen molar-refractivity contribution in [3.05, 3.63) is 23.0 Å². The van der Waals surface area contributed by atoms with Crippen molar-refractivity contribution in [1.82, 2.24) is 19.9 Å². The fraction of sp³-hybridized carbons (Fsp3) is 0.333. The van der Waals surface area contributed by atoms with Gasteiger partial charge in [0.1, 0.15) is 22.8 Å². The molecule has 2 aromatic rings. The Morgan fingerprint density at radius 3 is 2.31 bits per heavy atom. The number of carboxylic acid groups (broad SMARTS) is 1. The molecule has 2 aromatic heterocycles. The molecule has 0 unspecified atom stereocenters. The highest BCUT2D eigenvalue weighted by molar-refractivity contribution is 7.98. The van der Waals surface area contributed by atoms with Crippen molar-refractivity contribution in [2.24, 2.45) is 0 Å². The van der Waals surface area contributed by atoms with Crippen molar-refractivity contribution in [1.29, 1.82) is 0 Å². The van der Waals surface area contributed by atoms with Crippen molar-refractivity contribution in [2.45, 2.75) is 17.4 Å². The number of nitrogens with zero attached hydrogens (tertiary/aromatic N) is 3. The Balaban J connectivity index is 2.79. The fourth-order valence-electron chi connectivity index (χ4n) is 1.93. The zero-order valence-electron chi connectivity index (χ0n) is 12.6. The number of carbonyl (C=O) groups is 2. The molecule has 0 aliphatic rings. The second kappa shape index (κ2) is 6.66. The van der Waals surface area contributed by atoms with E-state index in [0.717, 1.165) is 0 Å². The third-order valence-electron chi connectivity index (χ3n) is 2.96. The van der Waals surface area contributed by atoms with Gasteiger partial charge in [0.05, 0.1) is 0 Å². The molecule has 7 nitrogen and oxygen atoms in total. The van der Waals surface area contributed by atoms with Crippen LogP contribution in [-0.4, -0.2) is 44.4 Å². The van der Waals surface area contributed by atoms with Gasteiger partial charge in [0.2, 0.25) is 0 Å². The van der Waals surface area contributed by atoms with Crippen molar-refractivity contribution >= 4 is 29.3 Å². The summed E-state index contributed by atoms with van der Waals surface area (Å²) in [5.41, 5.74) is -5.31. The number of nitrogens with one attached hydrogen (secondary N) is 1. The predicted molar refractivity (Wildman–Crippen MR) is 74.7 cm³/mol. The molecule has 2 N–H and O–H groups in total. The summed E-state index contributed by atoms with van der Waals surface area (Å²) in [5, 5.41) is 13.6. The molecule has 0 fully saturated rings. The van der Waals surface area contributed by atoms with Gasteiger partial charge < -0.3 is 10.4 Å². The Morgan fingerprint density at radius 2 is 1.85 bits per heavy atom. The highest BCUT2D eigenvalue weighted by Gasteiger charge is 2.41. The van der Waals surface area contributed by atoms with Crippen LogP contribution in [0, 0.1) is 0 Å². The fourth-order valence-corrected chi connectivity index (χ4v) is 2.48. The van der Waals surface area contributed by atoms with E-state index in [9.17, 15) is 35.9 Å². The number of carboxylic acids is 1. The molecule has 0 bridgehead atoms. The standard InChI is InChI=1S/C12H8F6N4O3S/c1-26-10-7(9(25)19-3-6(23)24)8-20-4(11(13,14)15)2-5(12(16,17)18)22(8)21-10/h2H,3H2,1H3,(H,19,25)(H,23,24). The zero-order chi connectivity index (χ0) is 19.9. The number of amides is 1. The number of aliphatic carboxylic acids is 1. The van der Waals surface area contributed by atoms with Crippen LogP contribution < -0.4 is 5.32 Å². The molecule has 0 saturated heterocycles. The van der Waals surface area contributed by atoms with Crippen molar-refractivity contribution in [3.63, 3.8) is 0 Å².